The first-order valence-electron chi connectivity index (χ1n) is 5.88. The maximum absolute atomic E-state index is 13.2. The van der Waals surface area contributed by atoms with E-state index in [1.54, 1.807) is 0 Å². The van der Waals surface area contributed by atoms with Crippen LogP contribution in [0.2, 0.25) is 0 Å². The van der Waals surface area contributed by atoms with Crippen molar-refractivity contribution in [3.8, 4) is 0 Å². The van der Waals surface area contributed by atoms with E-state index in [2.05, 4.69) is 5.32 Å². The van der Waals surface area contributed by atoms with Crippen molar-refractivity contribution in [2.75, 3.05) is 11.9 Å². The van der Waals surface area contributed by atoms with Crippen molar-refractivity contribution in [1.29, 1.82) is 0 Å². The second kappa shape index (κ2) is 5.77. The number of nitro groups is 1. The summed E-state index contributed by atoms with van der Waals surface area (Å²) in [6.45, 7) is 4.39. The Morgan fingerprint density at radius 3 is 2.50 bits per heavy atom. The van der Waals surface area contributed by atoms with Gasteiger partial charge in [-0.05, 0) is 18.9 Å². The van der Waals surface area contributed by atoms with Crippen molar-refractivity contribution >= 4 is 11.4 Å². The van der Waals surface area contributed by atoms with Crippen molar-refractivity contribution in [3.63, 3.8) is 0 Å². The normalized spacial score (nSPS) is 11.3. The van der Waals surface area contributed by atoms with Crippen LogP contribution in [0.1, 0.15) is 26.7 Å². The summed E-state index contributed by atoms with van der Waals surface area (Å²) in [6, 6.07) is 3.41. The Hall–Kier alpha value is -1.69. The molecule has 0 aliphatic heterocycles. The first-order valence-corrected chi connectivity index (χ1v) is 5.88. The maximum atomic E-state index is 13.2. The van der Waals surface area contributed by atoms with Gasteiger partial charge in [0.05, 0.1) is 11.0 Å². The fourth-order valence-corrected chi connectivity index (χ4v) is 1.56. The molecule has 0 saturated carbocycles. The van der Waals surface area contributed by atoms with Gasteiger partial charge in [-0.15, -0.1) is 0 Å². The lowest BCUT2D eigenvalue weighted by molar-refractivity contribution is -0.385. The van der Waals surface area contributed by atoms with Gasteiger partial charge in [-0.2, -0.15) is 0 Å². The lowest BCUT2D eigenvalue weighted by Crippen LogP contribution is -2.45. The summed E-state index contributed by atoms with van der Waals surface area (Å²) in [5.74, 6) is -0.637. The van der Waals surface area contributed by atoms with Gasteiger partial charge in [0, 0.05) is 23.8 Å². The third-order valence-electron chi connectivity index (χ3n) is 3.15. The fourth-order valence-electron chi connectivity index (χ4n) is 1.56. The van der Waals surface area contributed by atoms with Gasteiger partial charge in [-0.1, -0.05) is 13.8 Å². The van der Waals surface area contributed by atoms with E-state index in [0.717, 1.165) is 18.9 Å². The van der Waals surface area contributed by atoms with Crippen LogP contribution < -0.4 is 11.1 Å². The minimum absolute atomic E-state index is 0.270. The highest BCUT2D eigenvalue weighted by Gasteiger charge is 2.20. The average molecular weight is 255 g/mol. The Morgan fingerprint density at radius 2 is 2.00 bits per heavy atom. The van der Waals surface area contributed by atoms with Gasteiger partial charge in [0.1, 0.15) is 5.82 Å². The molecule has 0 spiro atoms. The monoisotopic (exact) mass is 255 g/mol. The average Bonchev–Trinajstić information content (AvgIpc) is 2.35. The number of nitrogens with one attached hydrogen (secondary N) is 1. The Labute approximate surface area is 105 Å². The molecule has 0 heterocycles. The third kappa shape index (κ3) is 3.66. The van der Waals surface area contributed by atoms with E-state index < -0.39 is 10.7 Å². The first kappa shape index (κ1) is 14.4. The molecule has 6 heteroatoms. The highest BCUT2D eigenvalue weighted by Crippen LogP contribution is 2.21. The van der Waals surface area contributed by atoms with Gasteiger partial charge >= 0.3 is 0 Å². The van der Waals surface area contributed by atoms with Crippen LogP contribution in [-0.4, -0.2) is 17.0 Å². The molecule has 5 nitrogen and oxygen atoms in total. The predicted octanol–water partition coefficient (Wildman–Crippen LogP) is 2.66. The number of rotatable bonds is 6. The quantitative estimate of drug-likeness (QED) is 0.605. The second-order valence-electron chi connectivity index (χ2n) is 4.38. The van der Waals surface area contributed by atoms with Crippen molar-refractivity contribution in [3.05, 3.63) is 34.1 Å². The number of non-ortho nitro benzene ring substituents is 1. The molecular weight excluding hydrogens is 237 g/mol. The van der Waals surface area contributed by atoms with Crippen LogP contribution in [0.4, 0.5) is 15.8 Å². The number of nitro benzene ring substituents is 1. The summed E-state index contributed by atoms with van der Waals surface area (Å²) in [4.78, 5) is 9.98. The van der Waals surface area contributed by atoms with Gasteiger partial charge in [0.2, 0.25) is 0 Å². The van der Waals surface area contributed by atoms with Gasteiger partial charge in [0.15, 0.2) is 0 Å². The van der Waals surface area contributed by atoms with Crippen LogP contribution in [0.15, 0.2) is 18.2 Å². The van der Waals surface area contributed by atoms with Crippen LogP contribution in [0.25, 0.3) is 0 Å². The Morgan fingerprint density at radius 1 is 1.39 bits per heavy atom. The summed E-state index contributed by atoms with van der Waals surface area (Å²) in [5, 5.41) is 13.6. The largest absolute Gasteiger partial charge is 0.383 e. The molecule has 0 aromatic heterocycles. The molecule has 100 valence electrons. The van der Waals surface area contributed by atoms with Crippen molar-refractivity contribution in [2.24, 2.45) is 5.73 Å². The van der Waals surface area contributed by atoms with E-state index >= 15 is 0 Å². The molecule has 0 amide bonds. The molecule has 0 aliphatic carbocycles. The van der Waals surface area contributed by atoms with E-state index in [9.17, 15) is 14.5 Å². The van der Waals surface area contributed by atoms with Gasteiger partial charge in [-0.3, -0.25) is 10.1 Å². The highest BCUT2D eigenvalue weighted by atomic mass is 19.1. The van der Waals surface area contributed by atoms with Crippen molar-refractivity contribution < 1.29 is 9.31 Å². The Kier molecular flexibility index (Phi) is 4.61. The lowest BCUT2D eigenvalue weighted by atomic mass is 9.94. The number of nitrogens with two attached hydrogens (primary N) is 1. The minimum Gasteiger partial charge on any atom is -0.383 e. The number of hydrogen-bond donors (Lipinski definition) is 2. The molecular formula is C12H18FN3O2. The highest BCUT2D eigenvalue weighted by molar-refractivity contribution is 5.51. The lowest BCUT2D eigenvalue weighted by Gasteiger charge is -2.27. The summed E-state index contributed by atoms with van der Waals surface area (Å²) in [5.41, 5.74) is 5.81. The van der Waals surface area contributed by atoms with Gasteiger partial charge in [-0.25, -0.2) is 4.39 Å². The summed E-state index contributed by atoms with van der Waals surface area (Å²) in [6.07, 6.45) is 1.54. The van der Waals surface area contributed by atoms with E-state index in [-0.39, 0.29) is 11.2 Å². The van der Waals surface area contributed by atoms with Crippen LogP contribution >= 0.6 is 0 Å². The molecule has 0 bridgehead atoms. The molecule has 0 fully saturated rings. The predicted molar refractivity (Wildman–Crippen MR) is 69.0 cm³/mol. The molecule has 0 aliphatic rings. The van der Waals surface area contributed by atoms with Gasteiger partial charge < -0.3 is 11.1 Å². The second-order valence-corrected chi connectivity index (χ2v) is 4.38. The van der Waals surface area contributed by atoms with Crippen LogP contribution in [0, 0.1) is 15.9 Å². The van der Waals surface area contributed by atoms with Crippen molar-refractivity contribution in [1.82, 2.24) is 0 Å². The van der Waals surface area contributed by atoms with Crippen LogP contribution in [0.3, 0.4) is 0 Å². The smallest absolute Gasteiger partial charge is 0.274 e. The zero-order chi connectivity index (χ0) is 13.8. The number of hydrogen-bond acceptors (Lipinski definition) is 4. The van der Waals surface area contributed by atoms with Crippen LogP contribution in [-0.2, 0) is 0 Å². The van der Waals surface area contributed by atoms with Gasteiger partial charge in [0.25, 0.3) is 5.69 Å². The summed E-state index contributed by atoms with van der Waals surface area (Å²) >= 11 is 0. The van der Waals surface area contributed by atoms with E-state index in [1.165, 1.54) is 12.1 Å². The molecule has 1 rings (SSSR count). The summed E-state index contributed by atoms with van der Waals surface area (Å²) < 4.78 is 13.2. The Bertz CT molecular complexity index is 433. The molecule has 0 radical (unpaired) electrons. The van der Waals surface area contributed by atoms with E-state index in [0.29, 0.717) is 12.2 Å². The topological polar surface area (TPSA) is 81.2 Å². The number of benzene rings is 1. The zero-order valence-electron chi connectivity index (χ0n) is 10.6. The molecule has 3 N–H and O–H groups in total. The Balaban J connectivity index is 2.82. The molecule has 18 heavy (non-hydrogen) atoms. The number of halogens is 1. The minimum atomic E-state index is -0.637. The molecule has 0 atom stereocenters. The van der Waals surface area contributed by atoms with Crippen LogP contribution in [0.5, 0.6) is 0 Å². The van der Waals surface area contributed by atoms with E-state index in [4.69, 9.17) is 5.73 Å². The molecule has 1 aromatic rings. The molecule has 0 saturated heterocycles. The fraction of sp³-hybridized carbons (Fsp3) is 0.500. The number of nitrogens with zero attached hydrogens (tertiary/aromatic N) is 1. The standard InChI is InChI=1S/C12H18FN3O2/c1-3-12(14,4-2)8-15-10-5-9(13)6-11(7-10)16(17)18/h5-7,15H,3-4,8,14H2,1-2H3. The summed E-state index contributed by atoms with van der Waals surface area (Å²) in [7, 11) is 0. The third-order valence-corrected chi connectivity index (χ3v) is 3.15. The van der Waals surface area contributed by atoms with E-state index in [1.807, 2.05) is 13.8 Å². The zero-order valence-corrected chi connectivity index (χ0v) is 10.6. The first-order chi connectivity index (χ1) is 8.40. The molecule has 1 aromatic carbocycles. The SMILES string of the molecule is CCC(N)(CC)CNc1cc(F)cc([N+](=O)[O-])c1. The van der Waals surface area contributed by atoms with Crippen molar-refractivity contribution in [2.45, 2.75) is 32.2 Å². The molecule has 0 unspecified atom stereocenters. The maximum Gasteiger partial charge on any atom is 0.274 e. The number of anilines is 1.